The van der Waals surface area contributed by atoms with E-state index in [9.17, 15) is 0 Å². The van der Waals surface area contributed by atoms with Crippen LogP contribution in [-0.4, -0.2) is 24.8 Å². The SMILES string of the molecule is CC12CCC(C1)C(C)(C)C2(Cc1ccc2c(c1)OCO2)OC1(Cc2ccc3c(c2)OCO3)C2(C)CCC(C2)C1(C)C. The Morgan fingerprint density at radius 2 is 1.02 bits per heavy atom. The molecule has 6 aliphatic rings. The van der Waals surface area contributed by atoms with Crippen LogP contribution in [-0.2, 0) is 17.6 Å². The summed E-state index contributed by atoms with van der Waals surface area (Å²) in [5, 5.41) is 0. The minimum Gasteiger partial charge on any atom is -0.454 e. The van der Waals surface area contributed by atoms with Gasteiger partial charge in [0.1, 0.15) is 0 Å². The van der Waals surface area contributed by atoms with Gasteiger partial charge in [-0.3, -0.25) is 0 Å². The molecule has 4 aliphatic carbocycles. The van der Waals surface area contributed by atoms with E-state index in [-0.39, 0.29) is 32.9 Å². The van der Waals surface area contributed by atoms with Crippen LogP contribution in [0.5, 0.6) is 23.0 Å². The molecule has 0 N–H and O–H groups in total. The Balaban J connectivity index is 1.29. The third-order valence-electron chi connectivity index (χ3n) is 13.7. The van der Waals surface area contributed by atoms with Crippen molar-refractivity contribution >= 4 is 0 Å². The molecule has 6 unspecified atom stereocenters. The first kappa shape index (κ1) is 26.2. The van der Waals surface area contributed by atoms with Crippen molar-refractivity contribution in [2.75, 3.05) is 13.6 Å². The Bertz CT molecular complexity index is 1290. The average molecular weight is 559 g/mol. The molecule has 5 heteroatoms. The minimum absolute atomic E-state index is 0.0343. The van der Waals surface area contributed by atoms with Crippen LogP contribution < -0.4 is 18.9 Å². The summed E-state index contributed by atoms with van der Waals surface area (Å²) >= 11 is 0. The molecule has 2 aliphatic heterocycles. The van der Waals surface area contributed by atoms with Gasteiger partial charge in [0, 0.05) is 12.8 Å². The van der Waals surface area contributed by atoms with Gasteiger partial charge in [-0.2, -0.15) is 0 Å². The number of rotatable bonds is 6. The average Bonchev–Trinajstić information content (AvgIpc) is 3.75. The van der Waals surface area contributed by atoms with Gasteiger partial charge < -0.3 is 23.7 Å². The molecule has 2 aromatic rings. The number of fused-ring (bicyclic) bond motifs is 6. The van der Waals surface area contributed by atoms with Crippen LogP contribution in [0.2, 0.25) is 0 Å². The quantitative estimate of drug-likeness (QED) is 0.358. The van der Waals surface area contributed by atoms with Gasteiger partial charge in [0.2, 0.25) is 13.6 Å². The van der Waals surface area contributed by atoms with Gasteiger partial charge in [-0.15, -0.1) is 0 Å². The van der Waals surface area contributed by atoms with Gasteiger partial charge in [-0.25, -0.2) is 0 Å². The summed E-state index contributed by atoms with van der Waals surface area (Å²) < 4.78 is 31.4. The van der Waals surface area contributed by atoms with Crippen molar-refractivity contribution in [1.29, 1.82) is 0 Å². The first-order chi connectivity index (χ1) is 19.4. The van der Waals surface area contributed by atoms with E-state index < -0.39 is 0 Å². The number of hydrogen-bond donors (Lipinski definition) is 0. The van der Waals surface area contributed by atoms with Crippen LogP contribution >= 0.6 is 0 Å². The first-order valence-corrected chi connectivity index (χ1v) is 15.9. The van der Waals surface area contributed by atoms with E-state index >= 15 is 0 Å². The lowest BCUT2D eigenvalue weighted by atomic mass is 9.54. The molecular formula is C36H46O5. The van der Waals surface area contributed by atoms with E-state index in [4.69, 9.17) is 23.7 Å². The molecule has 8 rings (SSSR count). The summed E-state index contributed by atoms with van der Waals surface area (Å²) in [6.45, 7) is 15.8. The molecular weight excluding hydrogens is 512 g/mol. The Labute approximate surface area is 245 Å². The second-order valence-electron chi connectivity index (χ2n) is 15.9. The Morgan fingerprint density at radius 3 is 1.41 bits per heavy atom. The van der Waals surface area contributed by atoms with Gasteiger partial charge in [-0.1, -0.05) is 53.7 Å². The molecule has 4 saturated carbocycles. The molecule has 5 nitrogen and oxygen atoms in total. The van der Waals surface area contributed by atoms with Crippen LogP contribution in [0.15, 0.2) is 36.4 Å². The van der Waals surface area contributed by atoms with Crippen molar-refractivity contribution in [3.8, 4) is 23.0 Å². The largest absolute Gasteiger partial charge is 0.454 e. The zero-order valence-electron chi connectivity index (χ0n) is 25.7. The predicted molar refractivity (Wildman–Crippen MR) is 158 cm³/mol. The monoisotopic (exact) mass is 558 g/mol. The zero-order chi connectivity index (χ0) is 28.5. The first-order valence-electron chi connectivity index (χ1n) is 15.9. The van der Waals surface area contributed by atoms with Crippen molar-refractivity contribution < 1.29 is 23.7 Å². The highest BCUT2D eigenvalue weighted by Gasteiger charge is 2.76. The van der Waals surface area contributed by atoms with Crippen LogP contribution in [0.1, 0.15) is 91.2 Å². The Morgan fingerprint density at radius 1 is 0.610 bits per heavy atom. The van der Waals surface area contributed by atoms with Gasteiger partial charge in [0.15, 0.2) is 23.0 Å². The number of ether oxygens (including phenoxy) is 5. The molecule has 220 valence electrons. The molecule has 0 aromatic heterocycles. The molecule has 0 spiro atoms. The van der Waals surface area contributed by atoms with Crippen molar-refractivity contribution in [2.45, 2.75) is 104 Å². The lowest BCUT2D eigenvalue weighted by molar-refractivity contribution is -0.305. The second kappa shape index (κ2) is 8.15. The highest BCUT2D eigenvalue weighted by atomic mass is 16.7. The normalized spacial score (nSPS) is 40.0. The van der Waals surface area contributed by atoms with E-state index in [2.05, 4.69) is 77.9 Å². The number of benzene rings is 2. The van der Waals surface area contributed by atoms with E-state index in [0.29, 0.717) is 25.4 Å². The molecule has 0 amide bonds. The lowest BCUT2D eigenvalue weighted by Gasteiger charge is -2.64. The maximum Gasteiger partial charge on any atom is 0.231 e. The topological polar surface area (TPSA) is 46.2 Å². The van der Waals surface area contributed by atoms with Gasteiger partial charge in [0.25, 0.3) is 0 Å². The molecule has 2 heterocycles. The maximum absolute atomic E-state index is 8.35. The fraction of sp³-hybridized carbons (Fsp3) is 0.667. The number of hydrogen-bond acceptors (Lipinski definition) is 5. The third kappa shape index (κ3) is 3.22. The molecule has 0 saturated heterocycles. The van der Waals surface area contributed by atoms with E-state index in [1.807, 2.05) is 0 Å². The second-order valence-corrected chi connectivity index (χ2v) is 15.9. The van der Waals surface area contributed by atoms with Crippen LogP contribution in [0.4, 0.5) is 0 Å². The summed E-state index contributed by atoms with van der Waals surface area (Å²) in [7, 11) is 0. The van der Waals surface area contributed by atoms with Crippen molar-refractivity contribution in [1.82, 2.24) is 0 Å². The van der Waals surface area contributed by atoms with Crippen LogP contribution in [0, 0.1) is 33.5 Å². The van der Waals surface area contributed by atoms with Crippen molar-refractivity contribution in [3.05, 3.63) is 47.5 Å². The predicted octanol–water partition coefficient (Wildman–Crippen LogP) is 8.12. The highest BCUT2D eigenvalue weighted by molar-refractivity contribution is 5.47. The molecule has 41 heavy (non-hydrogen) atoms. The summed E-state index contributed by atoms with van der Waals surface area (Å²) in [5.41, 5.74) is 2.25. The van der Waals surface area contributed by atoms with Crippen molar-refractivity contribution in [3.63, 3.8) is 0 Å². The fourth-order valence-electron chi connectivity index (χ4n) is 11.1. The Kier molecular flexibility index (Phi) is 5.22. The van der Waals surface area contributed by atoms with Crippen LogP contribution in [0.25, 0.3) is 0 Å². The highest BCUT2D eigenvalue weighted by Crippen LogP contribution is 2.76. The maximum atomic E-state index is 8.35. The third-order valence-corrected chi connectivity index (χ3v) is 13.7. The summed E-state index contributed by atoms with van der Waals surface area (Å²) in [6, 6.07) is 13.1. The lowest BCUT2D eigenvalue weighted by Crippen LogP contribution is -2.68. The van der Waals surface area contributed by atoms with E-state index in [0.717, 1.165) is 35.8 Å². The molecule has 6 atom stereocenters. The summed E-state index contributed by atoms with van der Waals surface area (Å²) in [4.78, 5) is 0. The van der Waals surface area contributed by atoms with Crippen LogP contribution in [0.3, 0.4) is 0 Å². The minimum atomic E-state index is -0.308. The molecule has 4 fully saturated rings. The zero-order valence-corrected chi connectivity index (χ0v) is 25.7. The molecule has 4 bridgehead atoms. The van der Waals surface area contributed by atoms with Crippen molar-refractivity contribution in [2.24, 2.45) is 33.5 Å². The molecule has 0 radical (unpaired) electrons. The standard InChI is InChI=1S/C36H46O5/c1-31(2)25-11-13-33(5,19-25)35(31,17-23-7-9-27-29(15-23)39-21-37-27)41-36(32(3,4)26-12-14-34(36,6)20-26)18-24-8-10-28-30(16-24)40-22-38-28/h7-10,15-16,25-26H,11-14,17-22H2,1-6H3. The fourth-order valence-corrected chi connectivity index (χ4v) is 11.1. The summed E-state index contributed by atoms with van der Waals surface area (Å²) in [6.07, 6.45) is 9.32. The Hall–Kier alpha value is -2.40. The van der Waals surface area contributed by atoms with Gasteiger partial charge in [0.05, 0.1) is 11.2 Å². The van der Waals surface area contributed by atoms with E-state index in [1.165, 1.54) is 49.7 Å². The summed E-state index contributed by atoms with van der Waals surface area (Å²) in [5.74, 6) is 4.76. The molecule has 2 aromatic carbocycles. The smallest absolute Gasteiger partial charge is 0.231 e. The van der Waals surface area contributed by atoms with Gasteiger partial charge >= 0.3 is 0 Å². The van der Waals surface area contributed by atoms with E-state index in [1.54, 1.807) is 0 Å². The van der Waals surface area contributed by atoms with Gasteiger partial charge in [-0.05, 0) is 107 Å².